The molecule has 1 amide bonds. The van der Waals surface area contributed by atoms with Gasteiger partial charge in [-0.15, -0.1) is 0 Å². The molecule has 0 aromatic heterocycles. The van der Waals surface area contributed by atoms with Gasteiger partial charge in [0.2, 0.25) is 5.91 Å². The summed E-state index contributed by atoms with van der Waals surface area (Å²) in [5.74, 6) is 1.85. The molecule has 4 fully saturated rings. The molecular weight excluding hydrogens is 275 g/mol. The highest BCUT2D eigenvalue weighted by molar-refractivity contribution is 8.00. The van der Waals surface area contributed by atoms with Crippen LogP contribution in [0.3, 0.4) is 0 Å². The summed E-state index contributed by atoms with van der Waals surface area (Å²) in [6.45, 7) is 0. The normalized spacial score (nSPS) is 38.9. The molecule has 4 aliphatic rings. The predicted octanol–water partition coefficient (Wildman–Crippen LogP) is 3.12. The fraction of sp³-hybridized carbons (Fsp3) is 0.923. The van der Waals surface area contributed by atoms with Gasteiger partial charge in [-0.05, 0) is 38.5 Å². The number of fused-ring (bicyclic) bond motifs is 3. The highest BCUT2D eigenvalue weighted by atomic mass is 32.2. The molecule has 0 radical (unpaired) electrons. The molecule has 19 heavy (non-hydrogen) atoms. The van der Waals surface area contributed by atoms with Crippen LogP contribution in [-0.4, -0.2) is 29.1 Å². The third-order valence-corrected chi connectivity index (χ3v) is 6.52. The summed E-state index contributed by atoms with van der Waals surface area (Å²) in [4.78, 5) is 12.0. The van der Waals surface area contributed by atoms with Crippen molar-refractivity contribution >= 4 is 17.7 Å². The van der Waals surface area contributed by atoms with E-state index in [1.54, 1.807) is 11.8 Å². The Morgan fingerprint density at radius 1 is 1.05 bits per heavy atom. The highest BCUT2D eigenvalue weighted by Gasteiger charge is 2.61. The number of rotatable bonds is 2. The first-order chi connectivity index (χ1) is 8.86. The van der Waals surface area contributed by atoms with E-state index in [1.165, 1.54) is 0 Å². The second kappa shape index (κ2) is 4.30. The van der Waals surface area contributed by atoms with E-state index in [0.29, 0.717) is 19.3 Å². The smallest absolute Gasteiger partial charge is 0.350 e. The molecule has 0 atom stereocenters. The van der Waals surface area contributed by atoms with Gasteiger partial charge in [0, 0.05) is 17.0 Å². The molecule has 4 rings (SSSR count). The van der Waals surface area contributed by atoms with Crippen LogP contribution in [0.5, 0.6) is 0 Å². The van der Waals surface area contributed by atoms with Crippen molar-refractivity contribution in [1.29, 1.82) is 0 Å². The molecule has 0 aromatic rings. The summed E-state index contributed by atoms with van der Waals surface area (Å²) in [5.41, 5.74) is -1.81. The molecule has 0 aromatic carbocycles. The van der Waals surface area contributed by atoms with Crippen LogP contribution in [0.15, 0.2) is 0 Å². The summed E-state index contributed by atoms with van der Waals surface area (Å²) in [6, 6.07) is 0. The van der Waals surface area contributed by atoms with Crippen molar-refractivity contribution in [2.24, 2.45) is 11.3 Å². The Kier molecular flexibility index (Phi) is 3.08. The van der Waals surface area contributed by atoms with Crippen molar-refractivity contribution in [3.8, 4) is 0 Å². The molecule has 1 N–H and O–H groups in total. The predicted molar refractivity (Wildman–Crippen MR) is 67.9 cm³/mol. The van der Waals surface area contributed by atoms with Crippen LogP contribution in [0.4, 0.5) is 13.2 Å². The van der Waals surface area contributed by atoms with Gasteiger partial charge in [0.25, 0.3) is 0 Å². The average Bonchev–Trinajstić information content (AvgIpc) is 2.26. The van der Waals surface area contributed by atoms with E-state index in [2.05, 4.69) is 5.32 Å². The number of amides is 1. The first kappa shape index (κ1) is 13.6. The van der Waals surface area contributed by atoms with Crippen LogP contribution < -0.4 is 5.32 Å². The lowest BCUT2D eigenvalue weighted by Gasteiger charge is -2.54. The van der Waals surface area contributed by atoms with Gasteiger partial charge in [0.05, 0.1) is 11.3 Å². The van der Waals surface area contributed by atoms with Crippen molar-refractivity contribution in [2.45, 2.75) is 50.2 Å². The number of halogens is 3. The van der Waals surface area contributed by atoms with E-state index in [0.717, 1.165) is 11.5 Å². The van der Waals surface area contributed by atoms with Gasteiger partial charge in [0.1, 0.15) is 0 Å². The third kappa shape index (κ3) is 2.16. The lowest BCUT2D eigenvalue weighted by molar-refractivity contribution is -0.254. The minimum atomic E-state index is -4.09. The molecule has 2 bridgehead atoms. The molecule has 3 aliphatic carbocycles. The molecule has 1 heterocycles. The van der Waals surface area contributed by atoms with Gasteiger partial charge in [0.15, 0.2) is 0 Å². The van der Waals surface area contributed by atoms with Gasteiger partial charge >= 0.3 is 6.18 Å². The second-order valence-electron chi connectivity index (χ2n) is 6.28. The molecule has 108 valence electrons. The van der Waals surface area contributed by atoms with Gasteiger partial charge < -0.3 is 5.32 Å². The van der Waals surface area contributed by atoms with Crippen LogP contribution >= 0.6 is 11.8 Å². The molecule has 0 unspecified atom stereocenters. The van der Waals surface area contributed by atoms with Crippen LogP contribution in [-0.2, 0) is 4.79 Å². The first-order valence-electron chi connectivity index (χ1n) is 6.82. The van der Waals surface area contributed by atoms with Crippen LogP contribution in [0.1, 0.15) is 38.5 Å². The average molecular weight is 293 g/mol. The van der Waals surface area contributed by atoms with Gasteiger partial charge in [-0.3, -0.25) is 4.79 Å². The maximum atomic E-state index is 13.1. The number of hydrogen-bond acceptors (Lipinski definition) is 2. The zero-order valence-electron chi connectivity index (χ0n) is 10.7. The van der Waals surface area contributed by atoms with Crippen LogP contribution in [0.2, 0.25) is 0 Å². The van der Waals surface area contributed by atoms with E-state index in [1.807, 2.05) is 0 Å². The third-order valence-electron chi connectivity index (χ3n) is 5.24. The van der Waals surface area contributed by atoms with Crippen molar-refractivity contribution in [2.75, 3.05) is 11.5 Å². The number of carbonyl (C=O) groups excluding carboxylic acids is 1. The number of hydrogen-bond donors (Lipinski definition) is 1. The number of thioether (sulfide) groups is 1. The lowest BCUT2D eigenvalue weighted by atomic mass is 9.57. The van der Waals surface area contributed by atoms with E-state index >= 15 is 0 Å². The van der Waals surface area contributed by atoms with Gasteiger partial charge in [-0.25, -0.2) is 0 Å². The largest absolute Gasteiger partial charge is 0.394 e. The summed E-state index contributed by atoms with van der Waals surface area (Å²) in [6.07, 6.45) is -2.11. The maximum absolute atomic E-state index is 13.1. The Labute approximate surface area is 114 Å². The van der Waals surface area contributed by atoms with Crippen molar-refractivity contribution in [3.63, 3.8) is 0 Å². The zero-order valence-corrected chi connectivity index (χ0v) is 11.5. The Morgan fingerprint density at radius 2 is 1.58 bits per heavy atom. The molecule has 1 aliphatic heterocycles. The molecular formula is C13H18F3NOS. The monoisotopic (exact) mass is 293 g/mol. The zero-order chi connectivity index (χ0) is 13.7. The van der Waals surface area contributed by atoms with Gasteiger partial charge in [-0.2, -0.15) is 24.9 Å². The topological polar surface area (TPSA) is 29.1 Å². The Bertz CT molecular complexity index is 367. The minimum absolute atomic E-state index is 0.0557. The SMILES string of the molecule is O=C(NC12CCC(C(F)(F)F)(CC1)CC2)C1CSC1. The summed E-state index contributed by atoms with van der Waals surface area (Å²) in [5, 5.41) is 3.07. The molecule has 1 saturated heterocycles. The quantitative estimate of drug-likeness (QED) is 0.847. The number of carbonyl (C=O) groups is 1. The molecule has 2 nitrogen and oxygen atoms in total. The van der Waals surface area contributed by atoms with Crippen LogP contribution in [0, 0.1) is 11.3 Å². The lowest BCUT2D eigenvalue weighted by Crippen LogP contribution is -2.61. The second-order valence-corrected chi connectivity index (χ2v) is 7.36. The van der Waals surface area contributed by atoms with Gasteiger partial charge in [-0.1, -0.05) is 0 Å². The van der Waals surface area contributed by atoms with Crippen molar-refractivity contribution in [1.82, 2.24) is 5.32 Å². The summed E-state index contributed by atoms with van der Waals surface area (Å²) >= 11 is 1.75. The summed E-state index contributed by atoms with van der Waals surface area (Å²) < 4.78 is 39.3. The molecule has 3 saturated carbocycles. The standard InChI is InChI=1S/C13H18F3NOS/c14-13(15,16)11-1-4-12(5-2-11,6-3-11)17-10(18)9-7-19-8-9/h9H,1-8H2,(H,17,18). The van der Waals surface area contributed by atoms with Crippen molar-refractivity contribution < 1.29 is 18.0 Å². The van der Waals surface area contributed by atoms with Crippen LogP contribution in [0.25, 0.3) is 0 Å². The van der Waals surface area contributed by atoms with Crippen molar-refractivity contribution in [3.05, 3.63) is 0 Å². The summed E-state index contributed by atoms with van der Waals surface area (Å²) in [7, 11) is 0. The van der Waals surface area contributed by atoms with E-state index in [9.17, 15) is 18.0 Å². The Morgan fingerprint density at radius 3 is 1.95 bits per heavy atom. The Balaban J connectivity index is 1.65. The van der Waals surface area contributed by atoms with E-state index in [-0.39, 0.29) is 36.6 Å². The first-order valence-corrected chi connectivity index (χ1v) is 7.98. The highest BCUT2D eigenvalue weighted by Crippen LogP contribution is 2.59. The molecule has 6 heteroatoms. The fourth-order valence-electron chi connectivity index (χ4n) is 3.55. The molecule has 0 spiro atoms. The Hall–Kier alpha value is -0.390. The minimum Gasteiger partial charge on any atom is -0.350 e. The van der Waals surface area contributed by atoms with E-state index in [4.69, 9.17) is 0 Å². The fourth-order valence-corrected chi connectivity index (χ4v) is 4.32. The number of alkyl halides is 3. The number of nitrogens with one attached hydrogen (secondary N) is 1. The van der Waals surface area contributed by atoms with E-state index < -0.39 is 11.6 Å². The maximum Gasteiger partial charge on any atom is 0.394 e.